The van der Waals surface area contributed by atoms with E-state index in [2.05, 4.69) is 4.98 Å². The molecule has 1 aliphatic heterocycles. The van der Waals surface area contributed by atoms with Gasteiger partial charge in [-0.2, -0.15) is 4.31 Å². The maximum Gasteiger partial charge on any atom is 0.218 e. The number of benzene rings is 2. The molecule has 162 valence electrons. The van der Waals surface area contributed by atoms with Gasteiger partial charge in [0.1, 0.15) is 11.6 Å². The summed E-state index contributed by atoms with van der Waals surface area (Å²) < 4.78 is 46.6. The molecule has 1 spiro atoms. The first-order valence-electron chi connectivity index (χ1n) is 10.6. The highest BCUT2D eigenvalue weighted by atomic mass is 32.2. The molecule has 1 aliphatic carbocycles. The molecule has 5 nitrogen and oxygen atoms in total. The van der Waals surface area contributed by atoms with Gasteiger partial charge in [0.05, 0.1) is 18.4 Å². The number of aromatic nitrogens is 1. The van der Waals surface area contributed by atoms with Crippen LogP contribution < -0.4 is 4.74 Å². The van der Waals surface area contributed by atoms with Crippen molar-refractivity contribution < 1.29 is 17.5 Å². The second kappa shape index (κ2) is 7.57. The molecule has 5 rings (SSSR count). The van der Waals surface area contributed by atoms with Gasteiger partial charge in [0.25, 0.3) is 0 Å². The van der Waals surface area contributed by atoms with Crippen LogP contribution in [0.15, 0.2) is 54.7 Å². The topological polar surface area (TPSA) is 59.3 Å². The molecule has 0 bridgehead atoms. The summed E-state index contributed by atoms with van der Waals surface area (Å²) in [7, 11) is -1.77. The zero-order valence-electron chi connectivity index (χ0n) is 17.4. The number of nitrogens with zero attached hydrogens (tertiary/aromatic N) is 2. The van der Waals surface area contributed by atoms with Crippen molar-refractivity contribution in [3.8, 4) is 5.75 Å². The lowest BCUT2D eigenvalue weighted by Crippen LogP contribution is -2.29. The van der Waals surface area contributed by atoms with Gasteiger partial charge in [0.15, 0.2) is 0 Å². The fourth-order valence-electron chi connectivity index (χ4n) is 5.01. The normalized spacial score (nSPS) is 25.6. The minimum Gasteiger partial charge on any atom is -0.497 e. The van der Waals surface area contributed by atoms with Gasteiger partial charge in [-0.3, -0.25) is 4.98 Å². The molecular formula is C24H25FN2O3S. The van der Waals surface area contributed by atoms with Crippen molar-refractivity contribution in [2.24, 2.45) is 0 Å². The average Bonchev–Trinajstić information content (AvgIpc) is 3.49. The second-order valence-corrected chi connectivity index (χ2v) is 10.6. The predicted octanol–water partition coefficient (Wildman–Crippen LogP) is 4.62. The fraction of sp³-hybridized carbons (Fsp3) is 0.375. The van der Waals surface area contributed by atoms with Gasteiger partial charge >= 0.3 is 0 Å². The van der Waals surface area contributed by atoms with Gasteiger partial charge in [-0.05, 0) is 79.1 Å². The standard InChI is InChI=1S/C24H25FN2O3S/c1-30-20-5-2-17(3-6-20)15-31(28,29)27-16-24(27)11-8-18(9-12-24)21-10-13-26-23-7-4-19(25)14-22(21)23/h2-7,10,13-14,18H,8-9,11-12,15-16H2,1H3. The minimum atomic E-state index is -3.36. The van der Waals surface area contributed by atoms with E-state index in [0.29, 0.717) is 18.2 Å². The molecular weight excluding hydrogens is 415 g/mol. The third kappa shape index (κ3) is 3.81. The number of hydrogen-bond acceptors (Lipinski definition) is 4. The molecule has 31 heavy (non-hydrogen) atoms. The molecule has 1 unspecified atom stereocenters. The first-order valence-corrected chi connectivity index (χ1v) is 12.2. The predicted molar refractivity (Wildman–Crippen MR) is 118 cm³/mol. The van der Waals surface area contributed by atoms with Gasteiger partial charge in [-0.1, -0.05) is 12.1 Å². The van der Waals surface area contributed by atoms with E-state index in [0.717, 1.165) is 47.7 Å². The van der Waals surface area contributed by atoms with E-state index in [1.165, 1.54) is 6.07 Å². The summed E-state index contributed by atoms with van der Waals surface area (Å²) in [6.07, 6.45) is 5.23. The van der Waals surface area contributed by atoms with Crippen LogP contribution in [0.25, 0.3) is 10.9 Å². The molecule has 3 aromatic rings. The lowest BCUT2D eigenvalue weighted by atomic mass is 9.77. The molecule has 0 N–H and O–H groups in total. The number of halogens is 1. The number of hydrogen-bond donors (Lipinski definition) is 0. The summed E-state index contributed by atoms with van der Waals surface area (Å²) >= 11 is 0. The van der Waals surface area contributed by atoms with Gasteiger partial charge in [-0.15, -0.1) is 0 Å². The van der Waals surface area contributed by atoms with Crippen LogP contribution in [0.5, 0.6) is 5.75 Å². The van der Waals surface area contributed by atoms with E-state index < -0.39 is 10.0 Å². The van der Waals surface area contributed by atoms with Crippen LogP contribution in [0.2, 0.25) is 0 Å². The fourth-order valence-corrected chi connectivity index (χ4v) is 6.98. The van der Waals surface area contributed by atoms with Crippen LogP contribution in [0.4, 0.5) is 4.39 Å². The molecule has 1 saturated heterocycles. The highest BCUT2D eigenvalue weighted by Gasteiger charge is 2.58. The number of fused-ring (bicyclic) bond motifs is 1. The van der Waals surface area contributed by atoms with Gasteiger partial charge in [-0.25, -0.2) is 12.8 Å². The van der Waals surface area contributed by atoms with Crippen LogP contribution >= 0.6 is 0 Å². The van der Waals surface area contributed by atoms with Gasteiger partial charge in [0, 0.05) is 23.7 Å². The number of ether oxygens (including phenoxy) is 1. The molecule has 1 saturated carbocycles. The maximum atomic E-state index is 13.8. The Hall–Kier alpha value is -2.51. The number of pyridine rings is 1. The first-order chi connectivity index (χ1) is 14.9. The van der Waals surface area contributed by atoms with Crippen LogP contribution in [0.1, 0.15) is 42.7 Å². The summed E-state index contributed by atoms with van der Waals surface area (Å²) in [6, 6.07) is 13.9. The largest absolute Gasteiger partial charge is 0.497 e. The molecule has 2 fully saturated rings. The Balaban J connectivity index is 1.28. The highest BCUT2D eigenvalue weighted by molar-refractivity contribution is 7.88. The van der Waals surface area contributed by atoms with Crippen molar-refractivity contribution in [1.29, 1.82) is 0 Å². The highest BCUT2D eigenvalue weighted by Crippen LogP contribution is 2.51. The van der Waals surface area contributed by atoms with Crippen LogP contribution in [-0.4, -0.2) is 36.9 Å². The second-order valence-electron chi connectivity index (χ2n) is 8.67. The van der Waals surface area contributed by atoms with E-state index in [-0.39, 0.29) is 17.1 Å². The third-order valence-corrected chi connectivity index (χ3v) is 8.69. The van der Waals surface area contributed by atoms with Crippen molar-refractivity contribution in [1.82, 2.24) is 9.29 Å². The Morgan fingerprint density at radius 3 is 2.58 bits per heavy atom. The zero-order valence-corrected chi connectivity index (χ0v) is 18.2. The smallest absolute Gasteiger partial charge is 0.218 e. The molecule has 1 atom stereocenters. The average molecular weight is 441 g/mol. The SMILES string of the molecule is COc1ccc(CS(=O)(=O)N2CC23CCC(c2ccnc4ccc(F)cc24)CC3)cc1. The van der Waals surface area contributed by atoms with E-state index in [1.807, 2.05) is 6.07 Å². The van der Waals surface area contributed by atoms with Crippen molar-refractivity contribution in [2.45, 2.75) is 42.9 Å². The summed E-state index contributed by atoms with van der Waals surface area (Å²) in [5.74, 6) is 0.763. The molecule has 2 aliphatic rings. The van der Waals surface area contributed by atoms with Crippen LogP contribution in [0.3, 0.4) is 0 Å². The lowest BCUT2D eigenvalue weighted by molar-refractivity contribution is 0.336. The number of rotatable bonds is 5. The molecule has 2 heterocycles. The third-order valence-electron chi connectivity index (χ3n) is 6.80. The molecule has 7 heteroatoms. The Morgan fingerprint density at radius 1 is 1.13 bits per heavy atom. The van der Waals surface area contributed by atoms with Crippen molar-refractivity contribution >= 4 is 20.9 Å². The molecule has 0 amide bonds. The van der Waals surface area contributed by atoms with Gasteiger partial charge < -0.3 is 4.74 Å². The van der Waals surface area contributed by atoms with Crippen LogP contribution in [-0.2, 0) is 15.8 Å². The Bertz CT molecular complexity index is 1220. The summed E-state index contributed by atoms with van der Waals surface area (Å²) in [6.45, 7) is 0.601. The lowest BCUT2D eigenvalue weighted by Gasteiger charge is -2.30. The summed E-state index contributed by atoms with van der Waals surface area (Å²) in [4.78, 5) is 4.35. The van der Waals surface area contributed by atoms with E-state index >= 15 is 0 Å². The van der Waals surface area contributed by atoms with Crippen molar-refractivity contribution in [3.63, 3.8) is 0 Å². The summed E-state index contributed by atoms with van der Waals surface area (Å²) in [5, 5.41) is 0.864. The van der Waals surface area contributed by atoms with Gasteiger partial charge in [0.2, 0.25) is 10.0 Å². The van der Waals surface area contributed by atoms with Crippen molar-refractivity contribution in [2.75, 3.05) is 13.7 Å². The van der Waals surface area contributed by atoms with E-state index in [4.69, 9.17) is 4.74 Å². The molecule has 2 aromatic carbocycles. The van der Waals surface area contributed by atoms with Crippen LogP contribution in [0, 0.1) is 5.82 Å². The first kappa shape index (κ1) is 20.4. The Morgan fingerprint density at radius 2 is 1.87 bits per heavy atom. The zero-order chi connectivity index (χ0) is 21.6. The quantitative estimate of drug-likeness (QED) is 0.543. The molecule has 1 aromatic heterocycles. The Kier molecular flexibility index (Phi) is 4.98. The van der Waals surface area contributed by atoms with E-state index in [9.17, 15) is 12.8 Å². The number of sulfonamides is 1. The molecule has 0 radical (unpaired) electrons. The Labute approximate surface area is 181 Å². The monoisotopic (exact) mass is 440 g/mol. The maximum absolute atomic E-state index is 13.8. The minimum absolute atomic E-state index is 0.0104. The number of methoxy groups -OCH3 is 1. The van der Waals surface area contributed by atoms with E-state index in [1.54, 1.807) is 54.0 Å². The van der Waals surface area contributed by atoms with Crippen molar-refractivity contribution in [3.05, 3.63) is 71.7 Å². The summed E-state index contributed by atoms with van der Waals surface area (Å²) in [5.41, 5.74) is 2.44.